The van der Waals surface area contributed by atoms with Gasteiger partial charge in [0.25, 0.3) is 6.29 Å². The minimum absolute atomic E-state index is 0.0765. The Morgan fingerprint density at radius 3 is 2.33 bits per heavy atom. The number of carboxylic acids is 1. The molecular weight excluding hydrogens is 588 g/mol. The molecule has 1 saturated heterocycles. The molecule has 2 fully saturated rings. The maximum atomic E-state index is 12.9. The second kappa shape index (κ2) is 12.1. The van der Waals surface area contributed by atoms with Gasteiger partial charge in [-0.05, 0) is 29.7 Å². The van der Waals surface area contributed by atoms with Gasteiger partial charge in [0.2, 0.25) is 6.29 Å². The third-order valence-corrected chi connectivity index (χ3v) is 8.94. The van der Waals surface area contributed by atoms with Crippen molar-refractivity contribution in [3.8, 4) is 23.0 Å². The molecule has 8 atom stereocenters. The minimum Gasteiger partial charge on any atom is -0.497 e. The second-order valence-corrected chi connectivity index (χ2v) is 11.2. The van der Waals surface area contributed by atoms with Crippen molar-refractivity contribution >= 4 is 5.97 Å². The van der Waals surface area contributed by atoms with Crippen LogP contribution in [0, 0.1) is 5.92 Å². The lowest BCUT2D eigenvalue weighted by atomic mass is 9.70. The lowest BCUT2D eigenvalue weighted by Crippen LogP contribution is -2.52. The summed E-state index contributed by atoms with van der Waals surface area (Å²) in [5.41, 5.74) is -3.09. The Hall–Kier alpha value is -3.91. The van der Waals surface area contributed by atoms with E-state index in [1.165, 1.54) is 33.5 Å². The lowest BCUT2D eigenvalue weighted by Gasteiger charge is -2.40. The Kier molecular flexibility index (Phi) is 8.37. The van der Waals surface area contributed by atoms with Crippen LogP contribution in [0.5, 0.6) is 23.0 Å². The molecule has 1 saturated carbocycles. The number of hydrogen-bond acceptors (Lipinski definition) is 11. The number of fused-ring (bicyclic) bond motifs is 3. The summed E-state index contributed by atoms with van der Waals surface area (Å²) in [6.45, 7) is 0.101. The standard InChI is InChI=1S/C33H36O12/c1-39-20-11-9-19(10-12-20)33-26(18-7-5-4-6-8-18)25(29(36)37)28(35)32(33,38)27-23(40-2)15-22(16-24(27)45-33)44-31-30(41-3)42-17-21(43-31)13-14-34/h4-12,15-16,21,25-26,28,30-31,34-35,38H,13-14,17H2,1-3H3,(H,36,37)/t21-,25+,26+,28+,30+,31-,32-,33-/m0/s1. The second-order valence-electron chi connectivity index (χ2n) is 11.2. The van der Waals surface area contributed by atoms with Gasteiger partial charge in [-0.1, -0.05) is 42.5 Å². The van der Waals surface area contributed by atoms with E-state index in [0.29, 0.717) is 23.3 Å². The molecule has 3 aromatic rings. The molecule has 0 bridgehead atoms. The fourth-order valence-corrected chi connectivity index (χ4v) is 6.99. The summed E-state index contributed by atoms with van der Waals surface area (Å²) in [6, 6.07) is 18.6. The van der Waals surface area contributed by atoms with Crippen molar-refractivity contribution < 1.29 is 58.4 Å². The van der Waals surface area contributed by atoms with Crippen LogP contribution in [0.15, 0.2) is 66.7 Å². The van der Waals surface area contributed by atoms with Gasteiger partial charge < -0.3 is 53.6 Å². The van der Waals surface area contributed by atoms with E-state index in [2.05, 4.69) is 0 Å². The third kappa shape index (κ3) is 4.80. The number of benzene rings is 3. The van der Waals surface area contributed by atoms with Gasteiger partial charge in [-0.25, -0.2) is 0 Å². The van der Waals surface area contributed by atoms with Gasteiger partial charge in [-0.15, -0.1) is 0 Å². The fraction of sp³-hybridized carbons (Fsp3) is 0.424. The summed E-state index contributed by atoms with van der Waals surface area (Å²) in [5.74, 6) is -2.87. The molecule has 3 aliphatic rings. The predicted molar refractivity (Wildman–Crippen MR) is 156 cm³/mol. The van der Waals surface area contributed by atoms with E-state index in [0.717, 1.165) is 0 Å². The largest absolute Gasteiger partial charge is 0.497 e. The van der Waals surface area contributed by atoms with Crippen LogP contribution in [-0.2, 0) is 30.2 Å². The van der Waals surface area contributed by atoms with Gasteiger partial charge in [-0.3, -0.25) is 4.79 Å². The third-order valence-electron chi connectivity index (χ3n) is 8.94. The van der Waals surface area contributed by atoms with Gasteiger partial charge >= 0.3 is 5.97 Å². The van der Waals surface area contributed by atoms with Crippen LogP contribution in [0.3, 0.4) is 0 Å². The zero-order chi connectivity index (χ0) is 31.9. The maximum Gasteiger partial charge on any atom is 0.310 e. The van der Waals surface area contributed by atoms with Crippen LogP contribution in [0.1, 0.15) is 29.0 Å². The molecule has 0 amide bonds. The average molecular weight is 625 g/mol. The first-order valence-corrected chi connectivity index (χ1v) is 14.5. The molecule has 0 aromatic heterocycles. The van der Waals surface area contributed by atoms with Crippen molar-refractivity contribution in [3.63, 3.8) is 0 Å². The molecule has 2 heterocycles. The number of aliphatic carboxylic acids is 1. The first-order chi connectivity index (χ1) is 21.7. The quantitative estimate of drug-likeness (QED) is 0.261. The first-order valence-electron chi connectivity index (χ1n) is 14.5. The Labute approximate surface area is 259 Å². The fourth-order valence-electron chi connectivity index (χ4n) is 6.99. The number of methoxy groups -OCH3 is 3. The SMILES string of the molecule is COc1ccc([C@@]23Oc4cc(O[C@@H]5O[C@@H](CCO)CO[C@H]5OC)cc(OC)c4[C@]2(O)[C@H](O)[C@H](C(=O)O)[C@H]3c2ccccc2)cc1. The van der Waals surface area contributed by atoms with Crippen molar-refractivity contribution in [1.82, 2.24) is 0 Å². The Balaban J connectivity index is 1.52. The number of ether oxygens (including phenoxy) is 7. The highest BCUT2D eigenvalue weighted by Gasteiger charge is 2.78. The zero-order valence-corrected chi connectivity index (χ0v) is 25.0. The van der Waals surface area contributed by atoms with Crippen LogP contribution in [-0.4, -0.2) is 85.7 Å². The molecule has 4 N–H and O–H groups in total. The van der Waals surface area contributed by atoms with Crippen molar-refractivity contribution in [2.45, 2.75) is 48.3 Å². The molecule has 45 heavy (non-hydrogen) atoms. The monoisotopic (exact) mass is 624 g/mol. The highest BCUT2D eigenvalue weighted by Crippen LogP contribution is 2.70. The molecule has 2 aliphatic heterocycles. The van der Waals surface area contributed by atoms with Crippen LogP contribution < -0.4 is 18.9 Å². The predicted octanol–water partition coefficient (Wildman–Crippen LogP) is 2.51. The normalized spacial score (nSPS) is 31.9. The smallest absolute Gasteiger partial charge is 0.310 e. The maximum absolute atomic E-state index is 12.9. The molecule has 0 spiro atoms. The molecule has 0 radical (unpaired) electrons. The molecule has 0 unspecified atom stereocenters. The Morgan fingerprint density at radius 1 is 0.978 bits per heavy atom. The summed E-state index contributed by atoms with van der Waals surface area (Å²) in [6.07, 6.45) is -3.84. The van der Waals surface area contributed by atoms with Gasteiger partial charge in [0.15, 0.2) is 11.2 Å². The van der Waals surface area contributed by atoms with E-state index in [1.54, 1.807) is 54.6 Å². The number of aliphatic hydroxyl groups excluding tert-OH is 2. The molecule has 12 nitrogen and oxygen atoms in total. The molecule has 3 aromatic carbocycles. The average Bonchev–Trinajstić information content (AvgIpc) is 3.43. The molecule has 6 rings (SSSR count). The molecule has 12 heteroatoms. The van der Waals surface area contributed by atoms with Gasteiger partial charge in [-0.2, -0.15) is 0 Å². The lowest BCUT2D eigenvalue weighted by molar-refractivity contribution is -0.313. The number of carbonyl (C=O) groups is 1. The molecule has 240 valence electrons. The minimum atomic E-state index is -2.30. The summed E-state index contributed by atoms with van der Waals surface area (Å²) in [4.78, 5) is 12.9. The van der Waals surface area contributed by atoms with Crippen molar-refractivity contribution in [2.75, 3.05) is 34.5 Å². The number of carboxylic acid groups (broad SMARTS) is 1. The summed E-state index contributed by atoms with van der Waals surface area (Å²) >= 11 is 0. The number of rotatable bonds is 10. The zero-order valence-electron chi connectivity index (χ0n) is 25.0. The van der Waals surface area contributed by atoms with Crippen LogP contribution in [0.2, 0.25) is 0 Å². The molecular formula is C33H36O12. The first kappa shape index (κ1) is 31.1. The van der Waals surface area contributed by atoms with E-state index < -0.39 is 53.8 Å². The van der Waals surface area contributed by atoms with Crippen LogP contribution in [0.4, 0.5) is 0 Å². The van der Waals surface area contributed by atoms with E-state index >= 15 is 0 Å². The Morgan fingerprint density at radius 2 is 1.71 bits per heavy atom. The van der Waals surface area contributed by atoms with E-state index in [1.807, 2.05) is 0 Å². The van der Waals surface area contributed by atoms with Gasteiger partial charge in [0.1, 0.15) is 29.1 Å². The van der Waals surface area contributed by atoms with Crippen molar-refractivity contribution in [2.24, 2.45) is 5.92 Å². The van der Waals surface area contributed by atoms with E-state index in [-0.39, 0.29) is 36.0 Å². The van der Waals surface area contributed by atoms with E-state index in [9.17, 15) is 25.2 Å². The van der Waals surface area contributed by atoms with Gasteiger partial charge in [0.05, 0.1) is 38.4 Å². The summed E-state index contributed by atoms with van der Waals surface area (Å²) < 4.78 is 41.1. The highest BCUT2D eigenvalue weighted by atomic mass is 16.8. The van der Waals surface area contributed by atoms with Crippen LogP contribution >= 0.6 is 0 Å². The topological polar surface area (TPSA) is 163 Å². The number of aliphatic hydroxyl groups is 3. The summed E-state index contributed by atoms with van der Waals surface area (Å²) in [7, 11) is 4.35. The number of hydrogen-bond donors (Lipinski definition) is 4. The Bertz CT molecular complexity index is 1510. The van der Waals surface area contributed by atoms with Crippen molar-refractivity contribution in [1.29, 1.82) is 0 Å². The van der Waals surface area contributed by atoms with Gasteiger partial charge in [0, 0.05) is 31.8 Å². The van der Waals surface area contributed by atoms with E-state index in [4.69, 9.17) is 33.2 Å². The van der Waals surface area contributed by atoms with Crippen molar-refractivity contribution in [3.05, 3.63) is 83.4 Å². The highest BCUT2D eigenvalue weighted by molar-refractivity contribution is 5.77. The summed E-state index contributed by atoms with van der Waals surface area (Å²) in [5, 5.41) is 44.6. The van der Waals surface area contributed by atoms with Crippen LogP contribution in [0.25, 0.3) is 0 Å². The molecule has 1 aliphatic carbocycles.